The van der Waals surface area contributed by atoms with Gasteiger partial charge in [-0.3, -0.25) is 19.0 Å². The van der Waals surface area contributed by atoms with Crippen molar-refractivity contribution in [2.45, 2.75) is 77.4 Å². The standard InChI is InChI=1S/C26H33FN4O5/c1-4-17-8-7-9-19-24-29-22(23(33)26(35)31(17)24)25(34)28-14-16-12-15(2)18(27)13-20(16)36-11-6-5-10-21(32)30(19)3/h12-13,17,19,33H,4-11,14H2,1-3H3,(H,28,34)/t17-,19?/m0/s1. The first kappa shape index (κ1) is 25.7. The Morgan fingerprint density at radius 1 is 1.19 bits per heavy atom. The topological polar surface area (TPSA) is 114 Å². The number of ether oxygens (including phenoxy) is 1. The molecule has 4 rings (SSSR count). The number of aromatic nitrogens is 2. The minimum absolute atomic E-state index is 0.00573. The highest BCUT2D eigenvalue weighted by molar-refractivity contribution is 5.94. The van der Waals surface area contributed by atoms with E-state index < -0.39 is 29.1 Å². The lowest BCUT2D eigenvalue weighted by atomic mass is 10.1. The van der Waals surface area contributed by atoms with Gasteiger partial charge in [-0.05, 0) is 57.1 Å². The second kappa shape index (κ2) is 10.7. The fourth-order valence-corrected chi connectivity index (χ4v) is 5.01. The molecule has 3 heterocycles. The quantitative estimate of drug-likeness (QED) is 0.619. The van der Waals surface area contributed by atoms with Crippen LogP contribution in [0.25, 0.3) is 0 Å². The lowest BCUT2D eigenvalue weighted by Gasteiger charge is -2.29. The van der Waals surface area contributed by atoms with E-state index in [0.29, 0.717) is 61.4 Å². The van der Waals surface area contributed by atoms with E-state index in [-0.39, 0.29) is 30.6 Å². The molecule has 2 aliphatic heterocycles. The van der Waals surface area contributed by atoms with Crippen LogP contribution >= 0.6 is 0 Å². The monoisotopic (exact) mass is 500 g/mol. The third-order valence-electron chi connectivity index (χ3n) is 7.17. The molecule has 0 radical (unpaired) electrons. The molecule has 2 N–H and O–H groups in total. The van der Waals surface area contributed by atoms with Crippen molar-refractivity contribution < 1.29 is 23.8 Å². The van der Waals surface area contributed by atoms with Crippen LogP contribution in [0.1, 0.15) is 91.4 Å². The molecule has 194 valence electrons. The molecular weight excluding hydrogens is 467 g/mol. The predicted octanol–water partition coefficient (Wildman–Crippen LogP) is 3.52. The van der Waals surface area contributed by atoms with Crippen LogP contribution in [-0.4, -0.2) is 45.0 Å². The van der Waals surface area contributed by atoms with Crippen molar-refractivity contribution in [2.75, 3.05) is 13.7 Å². The molecule has 0 saturated heterocycles. The first-order chi connectivity index (χ1) is 17.2. The van der Waals surface area contributed by atoms with Gasteiger partial charge in [0.2, 0.25) is 11.7 Å². The number of hydrogen-bond acceptors (Lipinski definition) is 6. The lowest BCUT2D eigenvalue weighted by Crippen LogP contribution is -2.38. The molecule has 2 amide bonds. The number of fused-ring (bicyclic) bond motifs is 2. The van der Waals surface area contributed by atoms with Crippen LogP contribution in [0.3, 0.4) is 0 Å². The Balaban J connectivity index is 1.82. The minimum atomic E-state index is -0.738. The first-order valence-electron chi connectivity index (χ1n) is 12.5. The Morgan fingerprint density at radius 2 is 1.97 bits per heavy atom. The van der Waals surface area contributed by atoms with Crippen molar-refractivity contribution in [2.24, 2.45) is 0 Å². The number of rotatable bonds is 1. The number of hydrogen-bond donors (Lipinski definition) is 2. The summed E-state index contributed by atoms with van der Waals surface area (Å²) in [5.41, 5.74) is -0.123. The summed E-state index contributed by atoms with van der Waals surface area (Å²) in [6, 6.07) is 2.18. The van der Waals surface area contributed by atoms with E-state index in [1.807, 2.05) is 6.92 Å². The summed E-state index contributed by atoms with van der Waals surface area (Å²) in [5, 5.41) is 13.4. The van der Waals surface area contributed by atoms with Crippen LogP contribution in [0.4, 0.5) is 4.39 Å². The Morgan fingerprint density at radius 3 is 2.72 bits per heavy atom. The summed E-state index contributed by atoms with van der Waals surface area (Å²) in [5.74, 6) is -1.39. The third kappa shape index (κ3) is 4.94. The minimum Gasteiger partial charge on any atom is -0.501 e. The summed E-state index contributed by atoms with van der Waals surface area (Å²) >= 11 is 0. The number of benzene rings is 1. The van der Waals surface area contributed by atoms with Crippen molar-refractivity contribution >= 4 is 11.8 Å². The van der Waals surface area contributed by atoms with E-state index in [9.17, 15) is 23.9 Å². The molecule has 2 atom stereocenters. The van der Waals surface area contributed by atoms with Crippen molar-refractivity contribution in [3.63, 3.8) is 0 Å². The Bertz CT molecular complexity index is 1230. The zero-order valence-electron chi connectivity index (χ0n) is 21.0. The Hall–Kier alpha value is -3.43. The number of nitrogens with one attached hydrogen (secondary N) is 1. The number of carbonyl (C=O) groups is 2. The molecule has 0 fully saturated rings. The van der Waals surface area contributed by atoms with Gasteiger partial charge in [0.1, 0.15) is 17.4 Å². The largest absolute Gasteiger partial charge is 0.501 e. The summed E-state index contributed by atoms with van der Waals surface area (Å²) in [6.45, 7) is 3.86. The highest BCUT2D eigenvalue weighted by Gasteiger charge is 2.34. The van der Waals surface area contributed by atoms with Crippen LogP contribution in [0, 0.1) is 12.7 Å². The second-order valence-corrected chi connectivity index (χ2v) is 9.55. The summed E-state index contributed by atoms with van der Waals surface area (Å²) in [6.07, 6.45) is 4.17. The smallest absolute Gasteiger partial charge is 0.296 e. The fraction of sp³-hybridized carbons (Fsp3) is 0.538. The normalized spacial score (nSPS) is 21.3. The summed E-state index contributed by atoms with van der Waals surface area (Å²) in [4.78, 5) is 45.6. The molecule has 9 nitrogen and oxygen atoms in total. The van der Waals surface area contributed by atoms with Gasteiger partial charge in [-0.25, -0.2) is 9.37 Å². The van der Waals surface area contributed by atoms with Crippen molar-refractivity contribution in [3.8, 4) is 11.5 Å². The first-order valence-corrected chi connectivity index (χ1v) is 12.5. The zero-order valence-corrected chi connectivity index (χ0v) is 21.0. The van der Waals surface area contributed by atoms with E-state index in [1.54, 1.807) is 24.9 Å². The van der Waals surface area contributed by atoms with Gasteiger partial charge in [0.25, 0.3) is 11.5 Å². The molecule has 1 aromatic carbocycles. The Kier molecular flexibility index (Phi) is 7.61. The molecule has 1 unspecified atom stereocenters. The van der Waals surface area contributed by atoms with Crippen LogP contribution in [0.5, 0.6) is 11.5 Å². The number of nitrogens with zero attached hydrogens (tertiary/aromatic N) is 3. The molecule has 10 heteroatoms. The third-order valence-corrected chi connectivity index (χ3v) is 7.17. The maximum Gasteiger partial charge on any atom is 0.296 e. The van der Waals surface area contributed by atoms with Gasteiger partial charge in [-0.1, -0.05) is 6.92 Å². The SMILES string of the molecule is CC[C@H]1CCCC2c3nc(c(O)c(=O)n31)C(=O)NCc1cc(C)c(F)cc1OCCCCC(=O)N2C. The number of halogens is 1. The van der Waals surface area contributed by atoms with E-state index >= 15 is 0 Å². The van der Waals surface area contributed by atoms with Crippen molar-refractivity contribution in [1.29, 1.82) is 0 Å². The van der Waals surface area contributed by atoms with Crippen molar-refractivity contribution in [3.05, 3.63) is 50.9 Å². The van der Waals surface area contributed by atoms with E-state index in [2.05, 4.69) is 10.3 Å². The summed E-state index contributed by atoms with van der Waals surface area (Å²) in [7, 11) is 1.68. The molecule has 0 spiro atoms. The van der Waals surface area contributed by atoms with E-state index in [1.165, 1.54) is 10.6 Å². The summed E-state index contributed by atoms with van der Waals surface area (Å²) < 4.78 is 21.5. The van der Waals surface area contributed by atoms with Gasteiger partial charge in [0.05, 0.1) is 12.6 Å². The van der Waals surface area contributed by atoms with Crippen LogP contribution < -0.4 is 15.6 Å². The fourth-order valence-electron chi connectivity index (χ4n) is 5.01. The van der Waals surface area contributed by atoms with Gasteiger partial charge in [-0.15, -0.1) is 0 Å². The maximum absolute atomic E-state index is 14.2. The molecule has 2 aromatic rings. The highest BCUT2D eigenvalue weighted by Crippen LogP contribution is 2.34. The molecule has 1 aromatic heterocycles. The average molecular weight is 501 g/mol. The van der Waals surface area contributed by atoms with Crippen LogP contribution in [0.2, 0.25) is 0 Å². The number of aromatic hydroxyl groups is 1. The van der Waals surface area contributed by atoms with Gasteiger partial charge < -0.3 is 20.1 Å². The molecular formula is C26H33FN4O5. The second-order valence-electron chi connectivity index (χ2n) is 9.55. The Labute approximate surface area is 209 Å². The van der Waals surface area contributed by atoms with Gasteiger partial charge in [0, 0.05) is 37.7 Å². The van der Waals surface area contributed by atoms with Gasteiger partial charge in [-0.2, -0.15) is 0 Å². The predicted molar refractivity (Wildman–Crippen MR) is 131 cm³/mol. The molecule has 36 heavy (non-hydrogen) atoms. The van der Waals surface area contributed by atoms with E-state index in [4.69, 9.17) is 4.74 Å². The number of amides is 2. The lowest BCUT2D eigenvalue weighted by molar-refractivity contribution is -0.132. The van der Waals surface area contributed by atoms with E-state index in [0.717, 1.165) is 6.42 Å². The van der Waals surface area contributed by atoms with Crippen LogP contribution in [0.15, 0.2) is 16.9 Å². The molecule has 2 aliphatic rings. The molecule has 2 bridgehead atoms. The zero-order chi connectivity index (χ0) is 26.0. The van der Waals surface area contributed by atoms with Crippen LogP contribution in [-0.2, 0) is 11.3 Å². The van der Waals surface area contributed by atoms with Gasteiger partial charge in [0.15, 0.2) is 5.69 Å². The average Bonchev–Trinajstić information content (AvgIpc) is 3.04. The maximum atomic E-state index is 14.2. The van der Waals surface area contributed by atoms with Gasteiger partial charge >= 0.3 is 0 Å². The number of aryl methyl sites for hydroxylation is 1. The molecule has 0 aliphatic carbocycles. The highest BCUT2D eigenvalue weighted by atomic mass is 19.1. The van der Waals surface area contributed by atoms with Crippen molar-refractivity contribution in [1.82, 2.24) is 19.8 Å². The number of carbonyl (C=O) groups excluding carboxylic acids is 2. The molecule has 0 saturated carbocycles.